The van der Waals surface area contributed by atoms with Crippen molar-refractivity contribution in [1.82, 2.24) is 10.1 Å². The molecular weight excluding hydrogens is 226 g/mol. The molecule has 4 heteroatoms. The molecule has 2 N–H and O–H groups in total. The van der Waals surface area contributed by atoms with Crippen LogP contribution in [0.4, 0.5) is 0 Å². The van der Waals surface area contributed by atoms with Gasteiger partial charge in [-0.05, 0) is 37.0 Å². The van der Waals surface area contributed by atoms with Crippen LogP contribution in [-0.2, 0) is 0 Å². The minimum absolute atomic E-state index is 0.147. The molecule has 2 rings (SSSR count). The van der Waals surface area contributed by atoms with Crippen LogP contribution in [0.3, 0.4) is 0 Å². The van der Waals surface area contributed by atoms with Crippen molar-refractivity contribution in [3.8, 4) is 0 Å². The smallest absolute Gasteiger partial charge is 0.243 e. The second-order valence-corrected chi connectivity index (χ2v) is 6.70. The Morgan fingerprint density at radius 3 is 2.44 bits per heavy atom. The van der Waals surface area contributed by atoms with Gasteiger partial charge < -0.3 is 10.3 Å². The topological polar surface area (TPSA) is 64.9 Å². The fraction of sp³-hybridized carbons (Fsp3) is 0.857. The third-order valence-corrected chi connectivity index (χ3v) is 4.17. The van der Waals surface area contributed by atoms with Crippen molar-refractivity contribution in [2.24, 2.45) is 17.1 Å². The lowest BCUT2D eigenvalue weighted by Gasteiger charge is -2.32. The van der Waals surface area contributed by atoms with Crippen LogP contribution in [0.25, 0.3) is 0 Å². The van der Waals surface area contributed by atoms with Gasteiger partial charge in [-0.3, -0.25) is 0 Å². The molecule has 0 spiro atoms. The third kappa shape index (κ3) is 2.91. The summed E-state index contributed by atoms with van der Waals surface area (Å²) in [5.74, 6) is 2.22. The predicted molar refractivity (Wildman–Crippen MR) is 71.1 cm³/mol. The van der Waals surface area contributed by atoms with Gasteiger partial charge >= 0.3 is 0 Å². The van der Waals surface area contributed by atoms with E-state index in [4.69, 9.17) is 10.3 Å². The number of rotatable bonds is 3. The van der Waals surface area contributed by atoms with E-state index in [1.165, 1.54) is 12.8 Å². The first-order valence-corrected chi connectivity index (χ1v) is 6.98. The van der Waals surface area contributed by atoms with E-state index in [1.807, 2.05) is 0 Å². The lowest BCUT2D eigenvalue weighted by molar-refractivity contribution is 0.218. The quantitative estimate of drug-likeness (QED) is 0.894. The van der Waals surface area contributed by atoms with Crippen molar-refractivity contribution < 1.29 is 4.52 Å². The molecule has 1 aliphatic carbocycles. The molecular formula is C14H25N3O. The van der Waals surface area contributed by atoms with Crippen molar-refractivity contribution in [3.05, 3.63) is 11.7 Å². The first-order chi connectivity index (χ1) is 8.39. The summed E-state index contributed by atoms with van der Waals surface area (Å²) in [7, 11) is 0. The largest absolute Gasteiger partial charge is 0.338 e. The van der Waals surface area contributed by atoms with Crippen molar-refractivity contribution in [2.45, 2.75) is 65.3 Å². The molecule has 0 bridgehead atoms. The normalized spacial score (nSPS) is 22.3. The summed E-state index contributed by atoms with van der Waals surface area (Å²) in [6, 6.07) is -0.147. The van der Waals surface area contributed by atoms with E-state index in [9.17, 15) is 0 Å². The lowest BCUT2D eigenvalue weighted by atomic mass is 9.73. The standard InChI is InChI=1S/C14H25N3O/c1-9(2)11(15)13-16-12(17-18-13)10-5-7-14(3,4)8-6-10/h9-11H,5-8,15H2,1-4H3/t11-/m1/s1. The lowest BCUT2D eigenvalue weighted by Crippen LogP contribution is -2.21. The molecule has 1 heterocycles. The highest BCUT2D eigenvalue weighted by molar-refractivity contribution is 5.01. The zero-order chi connectivity index (χ0) is 13.3. The van der Waals surface area contributed by atoms with E-state index in [0.29, 0.717) is 23.1 Å². The second kappa shape index (κ2) is 5.00. The first-order valence-electron chi connectivity index (χ1n) is 6.98. The van der Waals surface area contributed by atoms with E-state index in [1.54, 1.807) is 0 Å². The summed E-state index contributed by atoms with van der Waals surface area (Å²) in [6.07, 6.45) is 4.78. The molecule has 0 aliphatic heterocycles. The van der Waals surface area contributed by atoms with Crippen molar-refractivity contribution in [3.63, 3.8) is 0 Å². The van der Waals surface area contributed by atoms with Gasteiger partial charge in [-0.2, -0.15) is 4.98 Å². The number of nitrogens with two attached hydrogens (primary N) is 1. The molecule has 1 aromatic heterocycles. The Hall–Kier alpha value is -0.900. The monoisotopic (exact) mass is 251 g/mol. The van der Waals surface area contributed by atoms with Crippen molar-refractivity contribution >= 4 is 0 Å². The maximum atomic E-state index is 6.03. The average Bonchev–Trinajstić information content (AvgIpc) is 2.77. The van der Waals surface area contributed by atoms with Crippen LogP contribution in [0.2, 0.25) is 0 Å². The highest BCUT2D eigenvalue weighted by Crippen LogP contribution is 2.41. The van der Waals surface area contributed by atoms with Crippen LogP contribution in [0.15, 0.2) is 4.52 Å². The van der Waals surface area contributed by atoms with Gasteiger partial charge in [-0.25, -0.2) is 0 Å². The fourth-order valence-corrected chi connectivity index (χ4v) is 2.49. The number of hydrogen-bond donors (Lipinski definition) is 1. The third-order valence-electron chi connectivity index (χ3n) is 4.17. The maximum Gasteiger partial charge on any atom is 0.243 e. The number of hydrogen-bond acceptors (Lipinski definition) is 4. The highest BCUT2D eigenvalue weighted by Gasteiger charge is 2.30. The van der Waals surface area contributed by atoms with E-state index < -0.39 is 0 Å². The zero-order valence-corrected chi connectivity index (χ0v) is 11.9. The van der Waals surface area contributed by atoms with Gasteiger partial charge in [0.2, 0.25) is 5.89 Å². The molecule has 102 valence electrons. The fourth-order valence-electron chi connectivity index (χ4n) is 2.49. The van der Waals surface area contributed by atoms with Crippen LogP contribution in [0.1, 0.15) is 77.1 Å². The summed E-state index contributed by atoms with van der Waals surface area (Å²) in [5, 5.41) is 4.12. The van der Waals surface area contributed by atoms with Crippen LogP contribution in [0, 0.1) is 11.3 Å². The summed E-state index contributed by atoms with van der Waals surface area (Å²) in [4.78, 5) is 4.50. The van der Waals surface area contributed by atoms with Crippen LogP contribution >= 0.6 is 0 Å². The van der Waals surface area contributed by atoms with Gasteiger partial charge in [0.15, 0.2) is 5.82 Å². The minimum atomic E-state index is -0.147. The maximum absolute atomic E-state index is 6.03. The number of aromatic nitrogens is 2. The molecule has 0 aromatic carbocycles. The van der Waals surface area contributed by atoms with Gasteiger partial charge in [0, 0.05) is 5.92 Å². The molecule has 0 amide bonds. The summed E-state index contributed by atoms with van der Waals surface area (Å²) >= 11 is 0. The first kappa shape index (κ1) is 13.5. The summed E-state index contributed by atoms with van der Waals surface area (Å²) < 4.78 is 5.31. The van der Waals surface area contributed by atoms with Gasteiger partial charge in [0.05, 0.1) is 6.04 Å². The van der Waals surface area contributed by atoms with E-state index in [-0.39, 0.29) is 6.04 Å². The van der Waals surface area contributed by atoms with Crippen molar-refractivity contribution in [1.29, 1.82) is 0 Å². The van der Waals surface area contributed by atoms with Crippen LogP contribution in [0.5, 0.6) is 0 Å². The predicted octanol–water partition coefficient (Wildman–Crippen LogP) is 3.41. The molecule has 0 saturated heterocycles. The van der Waals surface area contributed by atoms with Crippen LogP contribution in [-0.4, -0.2) is 10.1 Å². The van der Waals surface area contributed by atoms with Gasteiger partial charge in [-0.1, -0.05) is 32.9 Å². The molecule has 0 radical (unpaired) electrons. The zero-order valence-electron chi connectivity index (χ0n) is 11.9. The molecule has 1 fully saturated rings. The molecule has 1 aromatic rings. The van der Waals surface area contributed by atoms with Gasteiger partial charge in [0.1, 0.15) is 0 Å². The molecule has 4 nitrogen and oxygen atoms in total. The van der Waals surface area contributed by atoms with Gasteiger partial charge in [-0.15, -0.1) is 0 Å². The Bertz CT molecular complexity index is 387. The van der Waals surface area contributed by atoms with E-state index in [0.717, 1.165) is 18.7 Å². The molecule has 18 heavy (non-hydrogen) atoms. The summed E-state index contributed by atoms with van der Waals surface area (Å²) in [6.45, 7) is 8.80. The SMILES string of the molecule is CC(C)[C@@H](N)c1nc(C2CCC(C)(C)CC2)no1. The van der Waals surface area contributed by atoms with Crippen molar-refractivity contribution in [2.75, 3.05) is 0 Å². The molecule has 0 unspecified atom stereocenters. The van der Waals surface area contributed by atoms with E-state index in [2.05, 4.69) is 37.8 Å². The second-order valence-electron chi connectivity index (χ2n) is 6.70. The Morgan fingerprint density at radius 1 is 1.28 bits per heavy atom. The van der Waals surface area contributed by atoms with Gasteiger partial charge in [0.25, 0.3) is 0 Å². The number of nitrogens with zero attached hydrogens (tertiary/aromatic N) is 2. The molecule has 1 aliphatic rings. The Morgan fingerprint density at radius 2 is 1.89 bits per heavy atom. The Balaban J connectivity index is 2.03. The Kier molecular flexibility index (Phi) is 3.76. The average molecular weight is 251 g/mol. The molecule has 1 saturated carbocycles. The van der Waals surface area contributed by atoms with E-state index >= 15 is 0 Å². The Labute approximate surface area is 109 Å². The highest BCUT2D eigenvalue weighted by atomic mass is 16.5. The molecule has 1 atom stereocenters. The summed E-state index contributed by atoms with van der Waals surface area (Å²) in [5.41, 5.74) is 6.50. The van der Waals surface area contributed by atoms with Crippen LogP contribution < -0.4 is 5.73 Å². The minimum Gasteiger partial charge on any atom is -0.338 e.